The Morgan fingerprint density at radius 2 is 1.96 bits per heavy atom. The lowest BCUT2D eigenvalue weighted by Crippen LogP contribution is -2.57. The molecule has 1 saturated carbocycles. The van der Waals surface area contributed by atoms with Gasteiger partial charge in [-0.05, 0) is 30.6 Å². The van der Waals surface area contributed by atoms with Crippen LogP contribution in [0.5, 0.6) is 0 Å². The van der Waals surface area contributed by atoms with Crippen LogP contribution in [0.1, 0.15) is 45.6 Å². The van der Waals surface area contributed by atoms with Crippen LogP contribution in [0.3, 0.4) is 0 Å². The number of nitrogens with one attached hydrogen (secondary N) is 1. The van der Waals surface area contributed by atoms with E-state index in [0.29, 0.717) is 6.42 Å². The lowest BCUT2D eigenvalue weighted by Gasteiger charge is -2.43. The molecule has 0 spiro atoms. The smallest absolute Gasteiger partial charge is 0.290 e. The Morgan fingerprint density at radius 3 is 2.54 bits per heavy atom. The van der Waals surface area contributed by atoms with Gasteiger partial charge >= 0.3 is 0 Å². The van der Waals surface area contributed by atoms with E-state index in [9.17, 15) is 18.7 Å². The van der Waals surface area contributed by atoms with E-state index in [2.05, 4.69) is 5.32 Å². The van der Waals surface area contributed by atoms with E-state index in [4.69, 9.17) is 0 Å². The molecular weight excluding hydrogens is 312 g/mol. The molecule has 1 aliphatic rings. The van der Waals surface area contributed by atoms with E-state index in [1.54, 1.807) is 6.07 Å². The topological polar surface area (TPSA) is 49.3 Å². The molecule has 0 unspecified atom stereocenters. The number of rotatable bonds is 5. The second-order valence-corrected chi connectivity index (χ2v) is 7.41. The number of alkyl halides is 2. The fourth-order valence-electron chi connectivity index (χ4n) is 3.76. The molecule has 3 atom stereocenters. The van der Waals surface area contributed by atoms with Crippen LogP contribution in [0.4, 0.5) is 8.78 Å². The third-order valence-electron chi connectivity index (χ3n) is 5.11. The van der Waals surface area contributed by atoms with Gasteiger partial charge in [0.25, 0.3) is 11.8 Å². The van der Waals surface area contributed by atoms with Gasteiger partial charge in [0, 0.05) is 5.56 Å². The number of carbonyl (C=O) groups excluding carboxylic acids is 1. The van der Waals surface area contributed by atoms with Gasteiger partial charge in [-0.25, -0.2) is 0 Å². The molecule has 0 radical (unpaired) electrons. The maximum absolute atomic E-state index is 14.2. The summed E-state index contributed by atoms with van der Waals surface area (Å²) in [5.41, 5.74) is -1.71. The average Bonchev–Trinajstić information content (AvgIpc) is 2.53. The van der Waals surface area contributed by atoms with E-state index in [0.717, 1.165) is 12.8 Å². The third kappa shape index (κ3) is 3.94. The van der Waals surface area contributed by atoms with Crippen molar-refractivity contribution in [2.75, 3.05) is 6.54 Å². The second kappa shape index (κ2) is 7.18. The predicted octanol–water partition coefficient (Wildman–Crippen LogP) is 3.72. The summed E-state index contributed by atoms with van der Waals surface area (Å²) in [5.74, 6) is -3.74. The fourth-order valence-corrected chi connectivity index (χ4v) is 3.76. The molecule has 1 aromatic rings. The van der Waals surface area contributed by atoms with Crippen molar-refractivity contribution in [1.29, 1.82) is 0 Å². The number of benzene rings is 1. The van der Waals surface area contributed by atoms with Crippen LogP contribution in [-0.4, -0.2) is 23.2 Å². The van der Waals surface area contributed by atoms with Gasteiger partial charge in [0.1, 0.15) is 5.60 Å². The highest BCUT2D eigenvalue weighted by Gasteiger charge is 2.49. The number of carbonyl (C=O) groups is 1. The van der Waals surface area contributed by atoms with E-state index < -0.39 is 24.0 Å². The van der Waals surface area contributed by atoms with E-state index in [-0.39, 0.29) is 23.3 Å². The first-order valence-electron chi connectivity index (χ1n) is 8.61. The van der Waals surface area contributed by atoms with Gasteiger partial charge in [-0.3, -0.25) is 4.79 Å². The van der Waals surface area contributed by atoms with Crippen molar-refractivity contribution in [3.63, 3.8) is 0 Å². The third-order valence-corrected chi connectivity index (χ3v) is 5.11. The van der Waals surface area contributed by atoms with Gasteiger partial charge in [0.15, 0.2) is 0 Å². The Hall–Kier alpha value is -1.49. The van der Waals surface area contributed by atoms with Crippen LogP contribution >= 0.6 is 0 Å². The van der Waals surface area contributed by atoms with Crippen LogP contribution in [0.2, 0.25) is 0 Å². The van der Waals surface area contributed by atoms with Crippen molar-refractivity contribution in [2.24, 2.45) is 17.8 Å². The van der Waals surface area contributed by atoms with Gasteiger partial charge in [-0.1, -0.05) is 57.5 Å². The molecule has 5 heteroatoms. The highest BCUT2D eigenvalue weighted by Crippen LogP contribution is 2.41. The molecule has 0 bridgehead atoms. The van der Waals surface area contributed by atoms with Crippen LogP contribution < -0.4 is 5.32 Å². The molecule has 1 aliphatic carbocycles. The van der Waals surface area contributed by atoms with Crippen molar-refractivity contribution >= 4 is 5.91 Å². The summed E-state index contributed by atoms with van der Waals surface area (Å²) in [6.45, 7) is 5.08. The zero-order valence-electron chi connectivity index (χ0n) is 14.6. The molecule has 0 heterocycles. The number of hydrogen-bond donors (Lipinski definition) is 2. The Bertz CT molecular complexity index is 562. The van der Waals surface area contributed by atoms with Crippen molar-refractivity contribution in [3.8, 4) is 0 Å². The molecule has 0 aliphatic heterocycles. The van der Waals surface area contributed by atoms with Crippen molar-refractivity contribution in [3.05, 3.63) is 35.9 Å². The van der Waals surface area contributed by atoms with Gasteiger partial charge in [-0.15, -0.1) is 0 Å². The van der Waals surface area contributed by atoms with Crippen molar-refractivity contribution in [1.82, 2.24) is 5.32 Å². The first kappa shape index (κ1) is 18.8. The first-order valence-corrected chi connectivity index (χ1v) is 8.61. The summed E-state index contributed by atoms with van der Waals surface area (Å²) >= 11 is 0. The van der Waals surface area contributed by atoms with E-state index in [1.807, 2.05) is 20.8 Å². The van der Waals surface area contributed by atoms with Gasteiger partial charge in [-0.2, -0.15) is 8.78 Å². The van der Waals surface area contributed by atoms with E-state index in [1.165, 1.54) is 24.3 Å². The minimum atomic E-state index is -3.17. The molecule has 134 valence electrons. The normalized spacial score (nSPS) is 28.0. The SMILES string of the molecule is CC(C)[C@@H]1CC[C@@H](C)C[C@@]1(O)C(=O)NCC(F)(F)c1ccccc1. The van der Waals surface area contributed by atoms with Gasteiger partial charge in [0.05, 0.1) is 6.54 Å². The summed E-state index contributed by atoms with van der Waals surface area (Å²) in [6, 6.07) is 7.41. The number of aliphatic hydroxyl groups is 1. The predicted molar refractivity (Wildman–Crippen MR) is 89.6 cm³/mol. The summed E-state index contributed by atoms with van der Waals surface area (Å²) in [5, 5.41) is 13.2. The zero-order chi connectivity index (χ0) is 18.0. The van der Waals surface area contributed by atoms with Crippen LogP contribution in [0, 0.1) is 17.8 Å². The molecule has 1 fully saturated rings. The monoisotopic (exact) mass is 339 g/mol. The highest BCUT2D eigenvalue weighted by molar-refractivity contribution is 5.85. The van der Waals surface area contributed by atoms with Crippen LogP contribution in [-0.2, 0) is 10.7 Å². The molecule has 2 rings (SSSR count). The lowest BCUT2D eigenvalue weighted by atomic mass is 9.66. The van der Waals surface area contributed by atoms with Crippen molar-refractivity contribution < 1.29 is 18.7 Å². The number of hydrogen-bond acceptors (Lipinski definition) is 2. The minimum Gasteiger partial charge on any atom is -0.380 e. The Balaban J connectivity index is 2.09. The Labute approximate surface area is 142 Å². The van der Waals surface area contributed by atoms with Crippen molar-refractivity contribution in [2.45, 2.75) is 51.6 Å². The highest BCUT2D eigenvalue weighted by atomic mass is 19.3. The van der Waals surface area contributed by atoms with Gasteiger partial charge < -0.3 is 10.4 Å². The summed E-state index contributed by atoms with van der Waals surface area (Å²) < 4.78 is 28.5. The lowest BCUT2D eigenvalue weighted by molar-refractivity contribution is -0.157. The number of halogens is 2. The molecule has 0 aromatic heterocycles. The Morgan fingerprint density at radius 1 is 1.33 bits per heavy atom. The molecule has 0 saturated heterocycles. The molecule has 24 heavy (non-hydrogen) atoms. The number of amides is 1. The summed E-state index contributed by atoms with van der Waals surface area (Å²) in [6.07, 6.45) is 2.00. The first-order chi connectivity index (χ1) is 11.2. The zero-order valence-corrected chi connectivity index (χ0v) is 14.6. The molecule has 1 amide bonds. The second-order valence-electron chi connectivity index (χ2n) is 7.41. The maximum Gasteiger partial charge on any atom is 0.290 e. The maximum atomic E-state index is 14.2. The summed E-state index contributed by atoms with van der Waals surface area (Å²) in [4.78, 5) is 12.6. The molecule has 1 aromatic carbocycles. The summed E-state index contributed by atoms with van der Waals surface area (Å²) in [7, 11) is 0. The molecule has 3 nitrogen and oxygen atoms in total. The standard InChI is InChI=1S/C19H27F2NO2/c1-13(2)16-10-9-14(3)11-18(16,24)17(23)22-12-19(20,21)15-7-5-4-6-8-15/h4-8,13-14,16,24H,9-12H2,1-3H3,(H,22,23)/t14-,16+,18+/m1/s1. The quantitative estimate of drug-likeness (QED) is 0.859. The van der Waals surface area contributed by atoms with Gasteiger partial charge in [0.2, 0.25) is 0 Å². The minimum absolute atomic E-state index is 0.114. The average molecular weight is 339 g/mol. The van der Waals surface area contributed by atoms with Crippen LogP contribution in [0.15, 0.2) is 30.3 Å². The van der Waals surface area contributed by atoms with E-state index >= 15 is 0 Å². The molecule has 2 N–H and O–H groups in total. The Kier molecular flexibility index (Phi) is 5.63. The molecular formula is C19H27F2NO2. The van der Waals surface area contributed by atoms with Crippen LogP contribution in [0.25, 0.3) is 0 Å². The fraction of sp³-hybridized carbons (Fsp3) is 0.632. The largest absolute Gasteiger partial charge is 0.380 e.